The van der Waals surface area contributed by atoms with E-state index in [0.29, 0.717) is 38.1 Å². The van der Waals surface area contributed by atoms with Crippen LogP contribution in [-0.2, 0) is 14.8 Å². The summed E-state index contributed by atoms with van der Waals surface area (Å²) in [6.45, 7) is 1.59. The van der Waals surface area contributed by atoms with Gasteiger partial charge in [-0.25, -0.2) is 13.1 Å². The van der Waals surface area contributed by atoms with Crippen LogP contribution in [0.15, 0.2) is 23.0 Å². The average molecular weight is 328 g/mol. The topological polar surface area (TPSA) is 88.9 Å². The lowest BCUT2D eigenvalue weighted by Gasteiger charge is -2.38. The van der Waals surface area contributed by atoms with Crippen LogP contribution in [0.4, 0.5) is 0 Å². The van der Waals surface area contributed by atoms with Crippen molar-refractivity contribution >= 4 is 15.9 Å². The fraction of sp³-hybridized carbons (Fsp3) is 0.643. The van der Waals surface area contributed by atoms with E-state index in [-0.39, 0.29) is 11.9 Å². The van der Waals surface area contributed by atoms with Gasteiger partial charge < -0.3 is 14.1 Å². The first-order valence-corrected chi connectivity index (χ1v) is 9.19. The van der Waals surface area contributed by atoms with E-state index in [9.17, 15) is 13.2 Å². The van der Waals surface area contributed by atoms with Gasteiger partial charge in [0, 0.05) is 19.2 Å². The zero-order valence-electron chi connectivity index (χ0n) is 12.4. The molecule has 2 fully saturated rings. The minimum Gasteiger partial charge on any atom is -0.472 e. The summed E-state index contributed by atoms with van der Waals surface area (Å²) in [7, 11) is -3.23. The molecule has 1 N–H and O–H groups in total. The Kier molecular flexibility index (Phi) is 4.00. The van der Waals surface area contributed by atoms with Crippen LogP contribution in [0.1, 0.15) is 29.6 Å². The maximum Gasteiger partial charge on any atom is 0.257 e. The fourth-order valence-electron chi connectivity index (χ4n) is 3.30. The Morgan fingerprint density at radius 3 is 3.00 bits per heavy atom. The molecule has 122 valence electrons. The fourth-order valence-corrected chi connectivity index (χ4v) is 4.11. The number of nitrogens with one attached hydrogen (secondary N) is 1. The van der Waals surface area contributed by atoms with Gasteiger partial charge in [0.25, 0.3) is 5.91 Å². The molecule has 1 spiro atoms. The number of hydrogen-bond donors (Lipinski definition) is 1. The molecule has 0 aliphatic carbocycles. The summed E-state index contributed by atoms with van der Waals surface area (Å²) in [6, 6.07) is 1.51. The lowest BCUT2D eigenvalue weighted by Crippen LogP contribution is -2.50. The molecule has 2 aliphatic heterocycles. The maximum atomic E-state index is 12.3. The lowest BCUT2D eigenvalue weighted by atomic mass is 9.90. The molecular weight excluding hydrogens is 308 g/mol. The van der Waals surface area contributed by atoms with Crippen molar-refractivity contribution in [1.29, 1.82) is 0 Å². The Bertz CT molecular complexity index is 642. The Balaban J connectivity index is 1.66. The predicted molar refractivity (Wildman–Crippen MR) is 78.9 cm³/mol. The summed E-state index contributed by atoms with van der Waals surface area (Å²) in [6.07, 6.45) is 6.04. The first kappa shape index (κ1) is 15.5. The van der Waals surface area contributed by atoms with E-state index in [2.05, 4.69) is 4.72 Å². The van der Waals surface area contributed by atoms with Crippen LogP contribution >= 0.6 is 0 Å². The molecule has 2 aliphatic rings. The minimum atomic E-state index is -3.23. The summed E-state index contributed by atoms with van der Waals surface area (Å²) < 4.78 is 36.3. The molecule has 1 aromatic heterocycles. The Morgan fingerprint density at radius 1 is 1.50 bits per heavy atom. The van der Waals surface area contributed by atoms with Crippen molar-refractivity contribution in [1.82, 2.24) is 9.62 Å². The van der Waals surface area contributed by atoms with E-state index in [1.807, 2.05) is 0 Å². The average Bonchev–Trinajstić information content (AvgIpc) is 3.06. The Hall–Kier alpha value is -1.38. The predicted octanol–water partition coefficient (Wildman–Crippen LogP) is 0.593. The normalized spacial score (nSPS) is 29.1. The number of carbonyl (C=O) groups excluding carboxylic acids is 1. The number of sulfonamides is 1. The third kappa shape index (κ3) is 3.34. The first-order valence-electron chi connectivity index (χ1n) is 7.30. The number of carbonyl (C=O) groups is 1. The quantitative estimate of drug-likeness (QED) is 0.877. The smallest absolute Gasteiger partial charge is 0.257 e. The molecule has 1 aromatic rings. The highest BCUT2D eigenvalue weighted by Gasteiger charge is 2.45. The number of rotatable bonds is 3. The molecule has 22 heavy (non-hydrogen) atoms. The van der Waals surface area contributed by atoms with Crippen LogP contribution in [0.2, 0.25) is 0 Å². The summed E-state index contributed by atoms with van der Waals surface area (Å²) in [5.74, 6) is -0.0765. The number of furan rings is 1. The van der Waals surface area contributed by atoms with Gasteiger partial charge in [-0.15, -0.1) is 0 Å². The second-order valence-corrected chi connectivity index (χ2v) is 7.88. The molecular formula is C14H20N2O5S. The van der Waals surface area contributed by atoms with E-state index in [1.54, 1.807) is 11.0 Å². The Morgan fingerprint density at radius 2 is 2.32 bits per heavy atom. The molecule has 3 heterocycles. The first-order chi connectivity index (χ1) is 10.4. The highest BCUT2D eigenvalue weighted by Crippen LogP contribution is 2.35. The van der Waals surface area contributed by atoms with Gasteiger partial charge in [-0.1, -0.05) is 0 Å². The van der Waals surface area contributed by atoms with Crippen LogP contribution in [0.5, 0.6) is 0 Å². The highest BCUT2D eigenvalue weighted by atomic mass is 32.2. The number of nitrogens with zero attached hydrogens (tertiary/aromatic N) is 1. The SMILES string of the molecule is CS(=O)(=O)N[C@H]1CCO[C@]2(CCN(C(=O)c3ccoc3)C2)C1. The van der Waals surface area contributed by atoms with Gasteiger partial charge >= 0.3 is 0 Å². The zero-order chi connectivity index (χ0) is 15.8. The number of amides is 1. The summed E-state index contributed by atoms with van der Waals surface area (Å²) in [5.41, 5.74) is 0.0821. The molecule has 0 unspecified atom stereocenters. The van der Waals surface area contributed by atoms with Crippen molar-refractivity contribution in [3.05, 3.63) is 24.2 Å². The van der Waals surface area contributed by atoms with E-state index in [0.717, 1.165) is 6.42 Å². The van der Waals surface area contributed by atoms with Gasteiger partial charge in [-0.3, -0.25) is 4.79 Å². The van der Waals surface area contributed by atoms with Crippen molar-refractivity contribution in [2.24, 2.45) is 0 Å². The van der Waals surface area contributed by atoms with Crippen LogP contribution in [0.3, 0.4) is 0 Å². The molecule has 0 radical (unpaired) electrons. The lowest BCUT2D eigenvalue weighted by molar-refractivity contribution is -0.0763. The van der Waals surface area contributed by atoms with E-state index < -0.39 is 15.6 Å². The maximum absolute atomic E-state index is 12.3. The molecule has 0 aromatic carbocycles. The van der Waals surface area contributed by atoms with Gasteiger partial charge in [0.1, 0.15) is 6.26 Å². The monoisotopic (exact) mass is 328 g/mol. The van der Waals surface area contributed by atoms with Crippen LogP contribution in [0.25, 0.3) is 0 Å². The molecule has 7 nitrogen and oxygen atoms in total. The van der Waals surface area contributed by atoms with Gasteiger partial charge in [0.05, 0.1) is 30.2 Å². The summed E-state index contributed by atoms with van der Waals surface area (Å²) >= 11 is 0. The third-order valence-electron chi connectivity index (χ3n) is 4.25. The van der Waals surface area contributed by atoms with Crippen LogP contribution < -0.4 is 4.72 Å². The zero-order valence-corrected chi connectivity index (χ0v) is 13.3. The van der Waals surface area contributed by atoms with Gasteiger partial charge in [-0.2, -0.15) is 0 Å². The van der Waals surface area contributed by atoms with Gasteiger partial charge in [0.2, 0.25) is 10.0 Å². The number of ether oxygens (including phenoxy) is 1. The highest BCUT2D eigenvalue weighted by molar-refractivity contribution is 7.88. The van der Waals surface area contributed by atoms with Crippen molar-refractivity contribution in [2.45, 2.75) is 30.9 Å². The molecule has 2 atom stereocenters. The number of hydrogen-bond acceptors (Lipinski definition) is 5. The van der Waals surface area contributed by atoms with E-state index in [1.165, 1.54) is 18.8 Å². The molecule has 2 saturated heterocycles. The summed E-state index contributed by atoms with van der Waals surface area (Å²) in [4.78, 5) is 14.1. The van der Waals surface area contributed by atoms with Crippen molar-refractivity contribution in [3.63, 3.8) is 0 Å². The van der Waals surface area contributed by atoms with E-state index >= 15 is 0 Å². The molecule has 3 rings (SSSR count). The second-order valence-electron chi connectivity index (χ2n) is 6.10. The Labute approximate surface area is 129 Å². The molecule has 0 saturated carbocycles. The molecule has 0 bridgehead atoms. The largest absolute Gasteiger partial charge is 0.472 e. The standard InChI is InChI=1S/C14H20N2O5S/c1-22(18,19)15-12-3-7-21-14(8-12)4-5-16(10-14)13(17)11-2-6-20-9-11/h2,6,9,12,15H,3-5,7-8,10H2,1H3/t12-,14+/m0/s1. The van der Waals surface area contributed by atoms with Crippen molar-refractivity contribution in [2.75, 3.05) is 26.0 Å². The third-order valence-corrected chi connectivity index (χ3v) is 5.01. The van der Waals surface area contributed by atoms with Crippen LogP contribution in [-0.4, -0.2) is 56.8 Å². The molecule has 8 heteroatoms. The number of likely N-dealkylation sites (tertiary alicyclic amines) is 1. The van der Waals surface area contributed by atoms with Gasteiger partial charge in [-0.05, 0) is 25.3 Å². The van der Waals surface area contributed by atoms with Crippen molar-refractivity contribution in [3.8, 4) is 0 Å². The minimum absolute atomic E-state index is 0.0765. The second kappa shape index (κ2) is 5.68. The summed E-state index contributed by atoms with van der Waals surface area (Å²) in [5, 5.41) is 0. The van der Waals surface area contributed by atoms with E-state index in [4.69, 9.17) is 9.15 Å². The van der Waals surface area contributed by atoms with Gasteiger partial charge in [0.15, 0.2) is 0 Å². The molecule has 1 amide bonds. The van der Waals surface area contributed by atoms with Crippen molar-refractivity contribution < 1.29 is 22.4 Å². The van der Waals surface area contributed by atoms with Crippen LogP contribution in [0, 0.1) is 0 Å².